The summed E-state index contributed by atoms with van der Waals surface area (Å²) in [5.41, 5.74) is 1.95. The molecular weight excluding hydrogens is 205 g/mol. The summed E-state index contributed by atoms with van der Waals surface area (Å²) in [4.78, 5) is 0. The van der Waals surface area contributed by atoms with E-state index in [1.807, 2.05) is 13.0 Å². The van der Waals surface area contributed by atoms with E-state index in [0.717, 1.165) is 30.4 Å². The van der Waals surface area contributed by atoms with Gasteiger partial charge in [-0.2, -0.15) is 0 Å². The van der Waals surface area contributed by atoms with Crippen LogP contribution in [0.4, 0.5) is 4.39 Å². The van der Waals surface area contributed by atoms with Gasteiger partial charge >= 0.3 is 0 Å². The predicted octanol–water partition coefficient (Wildman–Crippen LogP) is 2.17. The standard InChI is InChI=1S/C13H18FNO/c1-9(7-8-16)15-13-6-5-10-11(13)3-2-4-12(10)14/h2-4,9,13,15-16H,5-8H2,1H3. The molecule has 1 aromatic rings. The van der Waals surface area contributed by atoms with Crippen molar-refractivity contribution in [3.8, 4) is 0 Å². The number of fused-ring (bicyclic) bond motifs is 1. The molecule has 0 aromatic heterocycles. The summed E-state index contributed by atoms with van der Waals surface area (Å²) in [7, 11) is 0. The molecule has 2 N–H and O–H groups in total. The van der Waals surface area contributed by atoms with E-state index >= 15 is 0 Å². The van der Waals surface area contributed by atoms with Crippen molar-refractivity contribution in [1.82, 2.24) is 5.32 Å². The fourth-order valence-corrected chi connectivity index (χ4v) is 2.40. The molecule has 2 unspecified atom stereocenters. The second kappa shape index (κ2) is 4.93. The molecule has 16 heavy (non-hydrogen) atoms. The molecule has 0 radical (unpaired) electrons. The molecule has 0 heterocycles. The quantitative estimate of drug-likeness (QED) is 0.820. The van der Waals surface area contributed by atoms with Crippen molar-refractivity contribution < 1.29 is 9.50 Å². The van der Waals surface area contributed by atoms with Gasteiger partial charge in [-0.05, 0) is 43.4 Å². The molecule has 88 valence electrons. The molecule has 2 nitrogen and oxygen atoms in total. The van der Waals surface area contributed by atoms with E-state index in [1.54, 1.807) is 6.07 Å². The van der Waals surface area contributed by atoms with Crippen molar-refractivity contribution in [2.45, 2.75) is 38.3 Å². The van der Waals surface area contributed by atoms with Gasteiger partial charge in [-0.15, -0.1) is 0 Å². The van der Waals surface area contributed by atoms with Gasteiger partial charge in [0.15, 0.2) is 0 Å². The van der Waals surface area contributed by atoms with E-state index in [-0.39, 0.29) is 24.5 Å². The maximum atomic E-state index is 13.5. The van der Waals surface area contributed by atoms with Gasteiger partial charge in [0.1, 0.15) is 5.82 Å². The topological polar surface area (TPSA) is 32.3 Å². The summed E-state index contributed by atoms with van der Waals surface area (Å²) in [5, 5.41) is 12.3. The summed E-state index contributed by atoms with van der Waals surface area (Å²) in [5.74, 6) is -0.0865. The van der Waals surface area contributed by atoms with Crippen molar-refractivity contribution in [2.75, 3.05) is 6.61 Å². The monoisotopic (exact) mass is 223 g/mol. The summed E-state index contributed by atoms with van der Waals surface area (Å²) >= 11 is 0. The van der Waals surface area contributed by atoms with E-state index in [1.165, 1.54) is 6.07 Å². The Labute approximate surface area is 95.5 Å². The van der Waals surface area contributed by atoms with Gasteiger partial charge in [-0.25, -0.2) is 4.39 Å². The molecule has 3 heteroatoms. The third-order valence-electron chi connectivity index (χ3n) is 3.26. The minimum absolute atomic E-state index is 0.0865. The van der Waals surface area contributed by atoms with Crippen molar-refractivity contribution in [3.63, 3.8) is 0 Å². The summed E-state index contributed by atoms with van der Waals surface area (Å²) in [6.07, 6.45) is 2.50. The van der Waals surface area contributed by atoms with Gasteiger partial charge in [0.2, 0.25) is 0 Å². The Balaban J connectivity index is 2.09. The zero-order chi connectivity index (χ0) is 11.5. The first kappa shape index (κ1) is 11.6. The zero-order valence-corrected chi connectivity index (χ0v) is 9.54. The van der Waals surface area contributed by atoms with Gasteiger partial charge in [0, 0.05) is 18.7 Å². The highest BCUT2D eigenvalue weighted by molar-refractivity contribution is 5.35. The van der Waals surface area contributed by atoms with Gasteiger partial charge in [-0.1, -0.05) is 12.1 Å². The number of rotatable bonds is 4. The van der Waals surface area contributed by atoms with Gasteiger partial charge in [-0.3, -0.25) is 0 Å². The van der Waals surface area contributed by atoms with Crippen LogP contribution in [0, 0.1) is 5.82 Å². The molecule has 0 spiro atoms. The maximum absolute atomic E-state index is 13.5. The molecule has 0 amide bonds. The molecule has 0 aliphatic heterocycles. The molecule has 1 aliphatic carbocycles. The summed E-state index contributed by atoms with van der Waals surface area (Å²) < 4.78 is 13.5. The number of aliphatic hydroxyl groups is 1. The second-order valence-corrected chi connectivity index (χ2v) is 4.48. The van der Waals surface area contributed by atoms with Crippen LogP contribution in [0.5, 0.6) is 0 Å². The molecule has 1 aliphatic rings. The molecule has 2 atom stereocenters. The van der Waals surface area contributed by atoms with Crippen LogP contribution in [0.3, 0.4) is 0 Å². The smallest absolute Gasteiger partial charge is 0.126 e. The molecule has 1 aromatic carbocycles. The Morgan fingerprint density at radius 1 is 1.56 bits per heavy atom. The highest BCUT2D eigenvalue weighted by atomic mass is 19.1. The highest BCUT2D eigenvalue weighted by Crippen LogP contribution is 2.32. The van der Waals surface area contributed by atoms with Crippen LogP contribution in [0.25, 0.3) is 0 Å². The molecular formula is C13H18FNO. The van der Waals surface area contributed by atoms with Crippen molar-refractivity contribution in [1.29, 1.82) is 0 Å². The molecule has 0 bridgehead atoms. The van der Waals surface area contributed by atoms with E-state index < -0.39 is 0 Å². The number of nitrogens with one attached hydrogen (secondary N) is 1. The maximum Gasteiger partial charge on any atom is 0.126 e. The Hall–Kier alpha value is -0.930. The van der Waals surface area contributed by atoms with Crippen molar-refractivity contribution in [2.24, 2.45) is 0 Å². The number of aliphatic hydroxyl groups excluding tert-OH is 1. The first-order chi connectivity index (χ1) is 7.72. The number of hydrogen-bond acceptors (Lipinski definition) is 2. The van der Waals surface area contributed by atoms with Gasteiger partial charge in [0.25, 0.3) is 0 Å². The predicted molar refractivity (Wildman–Crippen MR) is 61.8 cm³/mol. The van der Waals surface area contributed by atoms with Crippen LogP contribution in [-0.2, 0) is 6.42 Å². The van der Waals surface area contributed by atoms with Crippen LogP contribution in [0.15, 0.2) is 18.2 Å². The average Bonchev–Trinajstić information content (AvgIpc) is 2.64. The van der Waals surface area contributed by atoms with Crippen LogP contribution in [-0.4, -0.2) is 17.8 Å². The molecule has 0 saturated heterocycles. The summed E-state index contributed by atoms with van der Waals surface area (Å²) in [6.45, 7) is 2.24. The first-order valence-corrected chi connectivity index (χ1v) is 5.86. The number of halogens is 1. The van der Waals surface area contributed by atoms with Gasteiger partial charge < -0.3 is 10.4 Å². The Morgan fingerprint density at radius 3 is 3.12 bits per heavy atom. The molecule has 2 rings (SSSR count). The third kappa shape index (κ3) is 2.25. The van der Waals surface area contributed by atoms with Gasteiger partial charge in [0.05, 0.1) is 0 Å². The summed E-state index contributed by atoms with van der Waals surface area (Å²) in [6, 6.07) is 5.80. The van der Waals surface area contributed by atoms with Crippen LogP contribution in [0.1, 0.15) is 36.9 Å². The number of hydrogen-bond donors (Lipinski definition) is 2. The molecule has 0 fully saturated rings. The lowest BCUT2D eigenvalue weighted by Gasteiger charge is -2.19. The lowest BCUT2D eigenvalue weighted by atomic mass is 10.1. The van der Waals surface area contributed by atoms with E-state index in [4.69, 9.17) is 5.11 Å². The lowest BCUT2D eigenvalue weighted by molar-refractivity contribution is 0.263. The first-order valence-electron chi connectivity index (χ1n) is 5.86. The SMILES string of the molecule is CC(CCO)NC1CCc2c(F)cccc21. The zero-order valence-electron chi connectivity index (χ0n) is 9.54. The minimum Gasteiger partial charge on any atom is -0.396 e. The van der Waals surface area contributed by atoms with E-state index in [0.29, 0.717) is 0 Å². The normalized spacial score (nSPS) is 20.8. The minimum atomic E-state index is -0.0865. The fraction of sp³-hybridized carbons (Fsp3) is 0.538. The van der Waals surface area contributed by atoms with Crippen molar-refractivity contribution >= 4 is 0 Å². The van der Waals surface area contributed by atoms with Crippen molar-refractivity contribution in [3.05, 3.63) is 35.1 Å². The van der Waals surface area contributed by atoms with E-state index in [9.17, 15) is 4.39 Å². The second-order valence-electron chi connectivity index (χ2n) is 4.48. The van der Waals surface area contributed by atoms with Crippen LogP contribution < -0.4 is 5.32 Å². The Kier molecular flexibility index (Phi) is 3.56. The Bertz CT molecular complexity index is 367. The fourth-order valence-electron chi connectivity index (χ4n) is 2.40. The molecule has 0 saturated carbocycles. The van der Waals surface area contributed by atoms with Crippen LogP contribution in [0.2, 0.25) is 0 Å². The largest absolute Gasteiger partial charge is 0.396 e. The third-order valence-corrected chi connectivity index (χ3v) is 3.26. The average molecular weight is 223 g/mol. The Morgan fingerprint density at radius 2 is 2.38 bits per heavy atom. The number of benzene rings is 1. The van der Waals surface area contributed by atoms with Crippen LogP contribution >= 0.6 is 0 Å². The van der Waals surface area contributed by atoms with E-state index in [2.05, 4.69) is 5.32 Å². The highest BCUT2D eigenvalue weighted by Gasteiger charge is 2.25. The lowest BCUT2D eigenvalue weighted by Crippen LogP contribution is -2.30.